The Labute approximate surface area is 471 Å². The average molecular weight is 1130 g/mol. The van der Waals surface area contributed by atoms with E-state index >= 15 is 0 Å². The van der Waals surface area contributed by atoms with Crippen LogP contribution in [-0.4, -0.2) is 103 Å². The number of rotatable bonds is 18. The molecule has 2 N–H and O–H groups in total. The SMILES string of the molecule is O=C(O)c1ccc2nc(CN3CC[C@@H](c4cccc(COc5ccc(Cl)cc5Cl)c4)C3)n(C[C@@H]3CCO3)c2c1.O=C(O)c1ccc2nc(CN3CC[C@H](c4cccc(COc5ccc(Cl)cc5Cl)c4)C3)n(C[C@@H]3CCO3)c2c1. The zero-order chi connectivity index (χ0) is 53.9. The number of aromatic carboxylic acids is 2. The van der Waals surface area contributed by atoms with E-state index in [9.17, 15) is 19.8 Å². The van der Waals surface area contributed by atoms with Gasteiger partial charge in [0, 0.05) is 36.3 Å². The minimum Gasteiger partial charge on any atom is -0.487 e. The summed E-state index contributed by atoms with van der Waals surface area (Å²) >= 11 is 24.5. The molecule has 0 saturated carbocycles. The van der Waals surface area contributed by atoms with Crippen molar-refractivity contribution >= 4 is 80.4 Å². The van der Waals surface area contributed by atoms with Crippen LogP contribution in [0.25, 0.3) is 22.1 Å². The molecule has 14 nitrogen and oxygen atoms in total. The summed E-state index contributed by atoms with van der Waals surface area (Å²) in [5.74, 6) is 2.09. The molecule has 0 spiro atoms. The van der Waals surface area contributed by atoms with Crippen molar-refractivity contribution in [2.45, 2.75) is 89.1 Å². The van der Waals surface area contributed by atoms with Gasteiger partial charge in [-0.3, -0.25) is 9.80 Å². The third-order valence-corrected chi connectivity index (χ3v) is 16.3. The van der Waals surface area contributed by atoms with Crippen molar-refractivity contribution in [1.82, 2.24) is 28.9 Å². The number of carboxylic acids is 2. The fourth-order valence-corrected chi connectivity index (χ4v) is 11.7. The maximum Gasteiger partial charge on any atom is 0.335 e. The highest BCUT2D eigenvalue weighted by atomic mass is 35.5. The van der Waals surface area contributed by atoms with Crippen LogP contribution < -0.4 is 9.47 Å². The van der Waals surface area contributed by atoms with Gasteiger partial charge in [0.2, 0.25) is 0 Å². The van der Waals surface area contributed by atoms with Crippen molar-refractivity contribution in [1.29, 1.82) is 0 Å². The molecule has 0 bridgehead atoms. The lowest BCUT2D eigenvalue weighted by atomic mass is 9.97. The Balaban J connectivity index is 0.000000165. The van der Waals surface area contributed by atoms with Crippen molar-refractivity contribution < 1.29 is 38.7 Å². The molecule has 12 rings (SSSR count). The average Bonchev–Trinajstić information content (AvgIpc) is 4.23. The predicted octanol–water partition coefficient (Wildman–Crippen LogP) is 12.8. The molecule has 4 fully saturated rings. The maximum absolute atomic E-state index is 11.6. The van der Waals surface area contributed by atoms with Gasteiger partial charge in [-0.1, -0.05) is 94.9 Å². The fraction of sp³-hybridized carbons (Fsp3) is 0.333. The van der Waals surface area contributed by atoms with E-state index in [0.29, 0.717) is 82.8 Å². The van der Waals surface area contributed by atoms with Crippen LogP contribution in [0.15, 0.2) is 121 Å². The Hall–Kier alpha value is -6.20. The first-order valence-corrected chi connectivity index (χ1v) is 27.8. The molecule has 4 saturated heterocycles. The summed E-state index contributed by atoms with van der Waals surface area (Å²) in [6, 6.07) is 37.9. The second kappa shape index (κ2) is 24.0. The van der Waals surface area contributed by atoms with E-state index in [2.05, 4.69) is 67.5 Å². The molecule has 4 aliphatic rings. The summed E-state index contributed by atoms with van der Waals surface area (Å²) in [6.45, 7) is 8.98. The molecule has 78 heavy (non-hydrogen) atoms. The number of carboxylic acid groups (broad SMARTS) is 2. The summed E-state index contributed by atoms with van der Waals surface area (Å²) in [5.41, 5.74) is 8.65. The number of hydrogen-bond acceptors (Lipinski definition) is 10. The Morgan fingerprint density at radius 3 is 1.37 bits per heavy atom. The highest BCUT2D eigenvalue weighted by molar-refractivity contribution is 6.36. The maximum atomic E-state index is 11.6. The second-order valence-electron chi connectivity index (χ2n) is 20.5. The van der Waals surface area contributed by atoms with Crippen molar-refractivity contribution in [3.8, 4) is 11.5 Å². The van der Waals surface area contributed by atoms with Crippen LogP contribution in [0.4, 0.5) is 0 Å². The molecular weight excluding hydrogens is 1070 g/mol. The molecule has 0 radical (unpaired) electrons. The number of imidazole rings is 2. The monoisotopic (exact) mass is 1130 g/mol. The summed E-state index contributed by atoms with van der Waals surface area (Å²) in [5, 5.41) is 21.2. The summed E-state index contributed by atoms with van der Waals surface area (Å²) in [6.07, 6.45) is 4.43. The number of hydrogen-bond donors (Lipinski definition) is 2. The van der Waals surface area contributed by atoms with E-state index < -0.39 is 11.9 Å². The number of fused-ring (bicyclic) bond motifs is 2. The largest absolute Gasteiger partial charge is 0.487 e. The lowest BCUT2D eigenvalue weighted by Crippen LogP contribution is -2.32. The number of nitrogens with zero attached hydrogens (tertiary/aromatic N) is 6. The van der Waals surface area contributed by atoms with Gasteiger partial charge >= 0.3 is 11.9 Å². The van der Waals surface area contributed by atoms with Gasteiger partial charge in [-0.25, -0.2) is 19.6 Å². The predicted molar refractivity (Wildman–Crippen MR) is 302 cm³/mol. The van der Waals surface area contributed by atoms with Crippen LogP contribution in [0.2, 0.25) is 20.1 Å². The molecule has 6 aromatic carbocycles. The van der Waals surface area contributed by atoms with Crippen molar-refractivity contribution in [3.05, 3.63) is 186 Å². The molecule has 6 heterocycles. The summed E-state index contributed by atoms with van der Waals surface area (Å²) < 4.78 is 27.6. The van der Waals surface area contributed by atoms with Crippen LogP contribution in [0, 0.1) is 0 Å². The molecule has 0 aliphatic carbocycles. The van der Waals surface area contributed by atoms with E-state index in [1.54, 1.807) is 72.8 Å². The Bertz CT molecular complexity index is 3260. The lowest BCUT2D eigenvalue weighted by Gasteiger charge is -2.28. The van der Waals surface area contributed by atoms with Crippen molar-refractivity contribution in [2.24, 2.45) is 0 Å². The highest BCUT2D eigenvalue weighted by Crippen LogP contribution is 2.35. The fourth-order valence-electron chi connectivity index (χ4n) is 10.8. The van der Waals surface area contributed by atoms with Gasteiger partial charge in [0.1, 0.15) is 36.4 Å². The number of aromatic nitrogens is 4. The quantitative estimate of drug-likeness (QED) is 0.0841. The van der Waals surface area contributed by atoms with Crippen molar-refractivity contribution in [3.63, 3.8) is 0 Å². The first-order chi connectivity index (χ1) is 37.8. The zero-order valence-corrected chi connectivity index (χ0v) is 45.7. The van der Waals surface area contributed by atoms with Gasteiger partial charge in [0.25, 0.3) is 0 Å². The summed E-state index contributed by atoms with van der Waals surface area (Å²) in [4.78, 5) is 37.8. The smallest absolute Gasteiger partial charge is 0.335 e. The number of likely N-dealkylation sites (tertiary alicyclic amines) is 2. The molecule has 4 atom stereocenters. The van der Waals surface area contributed by atoms with E-state index in [1.165, 1.54) is 11.1 Å². The van der Waals surface area contributed by atoms with Crippen LogP contribution in [-0.2, 0) is 48.9 Å². The molecule has 4 aliphatic heterocycles. The first-order valence-electron chi connectivity index (χ1n) is 26.3. The lowest BCUT2D eigenvalue weighted by molar-refractivity contribution is -0.0592. The van der Waals surface area contributed by atoms with E-state index in [0.717, 1.165) is 110 Å². The highest BCUT2D eigenvalue weighted by Gasteiger charge is 2.30. The Kier molecular flexibility index (Phi) is 16.6. The molecule has 8 aromatic rings. The Morgan fingerprint density at radius 2 is 0.987 bits per heavy atom. The molecule has 0 unspecified atom stereocenters. The third kappa shape index (κ3) is 12.6. The zero-order valence-electron chi connectivity index (χ0n) is 42.7. The normalized spacial score (nSPS) is 19.3. The van der Waals surface area contributed by atoms with E-state index in [-0.39, 0.29) is 23.3 Å². The molecule has 404 valence electrons. The minimum atomic E-state index is -0.933. The standard InChI is InChI=1S/2C30H29Cl2N3O4/c2*31-23-5-7-28(25(32)14-23)39-18-19-2-1-3-20(12-19)22-8-10-34(15-22)17-29-33-26-6-4-21(30(36)37)13-27(26)35(29)16-24-9-11-38-24/h2*1-7,12-14,22,24H,8-11,15-18H2,(H,36,37)/t22-,24+;22-,24-/m10/s1. The first kappa shape index (κ1) is 53.8. The minimum absolute atomic E-state index is 0.147. The van der Waals surface area contributed by atoms with Gasteiger partial charge in [-0.05, 0) is 146 Å². The number of ether oxygens (including phenoxy) is 4. The van der Waals surface area contributed by atoms with E-state index in [4.69, 9.17) is 75.3 Å². The Morgan fingerprint density at radius 1 is 0.551 bits per heavy atom. The third-order valence-electron chi connectivity index (χ3n) is 15.2. The summed E-state index contributed by atoms with van der Waals surface area (Å²) in [7, 11) is 0. The van der Waals surface area contributed by atoms with Crippen molar-refractivity contribution in [2.75, 3.05) is 39.4 Å². The van der Waals surface area contributed by atoms with Gasteiger partial charge in [0.05, 0.1) is 81.6 Å². The van der Waals surface area contributed by atoms with E-state index in [1.807, 2.05) is 0 Å². The van der Waals surface area contributed by atoms with Gasteiger partial charge in [-0.2, -0.15) is 0 Å². The molecule has 2 aromatic heterocycles. The molecule has 0 amide bonds. The topological polar surface area (TPSA) is 154 Å². The number of benzene rings is 6. The number of carbonyl (C=O) groups is 2. The van der Waals surface area contributed by atoms with Crippen LogP contribution in [0.1, 0.15) is 92.1 Å². The van der Waals surface area contributed by atoms with Gasteiger partial charge in [-0.15, -0.1) is 0 Å². The second-order valence-corrected chi connectivity index (χ2v) is 22.2. The van der Waals surface area contributed by atoms with Crippen LogP contribution in [0.3, 0.4) is 0 Å². The number of halogens is 4. The molecular formula is C60H58Cl4N6O8. The van der Waals surface area contributed by atoms with Crippen LogP contribution >= 0.6 is 46.4 Å². The van der Waals surface area contributed by atoms with Crippen LogP contribution in [0.5, 0.6) is 11.5 Å². The van der Waals surface area contributed by atoms with Gasteiger partial charge < -0.3 is 38.3 Å². The molecule has 18 heteroatoms. The van der Waals surface area contributed by atoms with Gasteiger partial charge in [0.15, 0.2) is 0 Å².